The number of anilines is 1. The van der Waals surface area contributed by atoms with Gasteiger partial charge in [0.1, 0.15) is 5.69 Å². The summed E-state index contributed by atoms with van der Waals surface area (Å²) < 4.78 is 14.4. The van der Waals surface area contributed by atoms with Crippen LogP contribution in [0, 0.1) is 0 Å². The Morgan fingerprint density at radius 3 is 2.40 bits per heavy atom. The third kappa shape index (κ3) is 1.00. The molecule has 0 saturated carbocycles. The highest BCUT2D eigenvalue weighted by atomic mass is 16.6. The lowest BCUT2D eigenvalue weighted by Crippen LogP contribution is -1.85. The van der Waals surface area contributed by atoms with Crippen LogP contribution in [0.1, 0.15) is 0 Å². The number of hydrogen-bond donors (Lipinski definition) is 1. The molecule has 0 amide bonds. The monoisotopic (exact) mass is 143 g/mol. The van der Waals surface area contributed by atoms with Crippen LogP contribution in [0.2, 0.25) is 0 Å². The topological polar surface area (TPSA) is 57.6 Å². The maximum absolute atomic E-state index is 5.43. The summed E-state index contributed by atoms with van der Waals surface area (Å²) in [6, 6.07) is 1.55. The van der Waals surface area contributed by atoms with Crippen LogP contribution in [0.3, 0.4) is 0 Å². The predicted octanol–water partition coefficient (Wildman–Crippen LogP) is 0.879. The Labute approximate surface area is 58.5 Å². The van der Waals surface area contributed by atoms with Gasteiger partial charge < -0.3 is 19.6 Å². The zero-order valence-electron chi connectivity index (χ0n) is 5.88. The first-order chi connectivity index (χ1) is 4.77. The molecule has 1 aromatic heterocycles. The number of rotatable bonds is 2. The van der Waals surface area contributed by atoms with Crippen LogP contribution in [0.5, 0.6) is 11.9 Å². The van der Waals surface area contributed by atoms with Gasteiger partial charge in [-0.25, -0.2) is 0 Å². The predicted molar refractivity (Wildman–Crippen MR) is 36.2 cm³/mol. The minimum absolute atomic E-state index is 0.289. The minimum atomic E-state index is 0.289. The molecule has 0 bridgehead atoms. The van der Waals surface area contributed by atoms with Crippen molar-refractivity contribution in [2.45, 2.75) is 0 Å². The van der Waals surface area contributed by atoms with Gasteiger partial charge in [-0.1, -0.05) is 0 Å². The van der Waals surface area contributed by atoms with Gasteiger partial charge in [-0.15, -0.1) is 0 Å². The quantitative estimate of drug-likeness (QED) is 0.667. The zero-order chi connectivity index (χ0) is 7.56. The van der Waals surface area contributed by atoms with Crippen LogP contribution in [-0.2, 0) is 0 Å². The fraction of sp³-hybridized carbons (Fsp3) is 0.333. The molecule has 1 aromatic rings. The van der Waals surface area contributed by atoms with E-state index in [1.165, 1.54) is 14.2 Å². The van der Waals surface area contributed by atoms with Crippen molar-refractivity contribution in [2.24, 2.45) is 0 Å². The Morgan fingerprint density at radius 1 is 1.40 bits per heavy atom. The van der Waals surface area contributed by atoms with Crippen LogP contribution >= 0.6 is 0 Å². The summed E-state index contributed by atoms with van der Waals surface area (Å²) in [6.45, 7) is 0. The van der Waals surface area contributed by atoms with Gasteiger partial charge in [0.2, 0.25) is 0 Å². The second-order valence-electron chi connectivity index (χ2n) is 1.72. The molecule has 1 heterocycles. The van der Waals surface area contributed by atoms with Crippen LogP contribution in [0.15, 0.2) is 10.5 Å². The van der Waals surface area contributed by atoms with E-state index in [1.807, 2.05) is 0 Å². The fourth-order valence-corrected chi connectivity index (χ4v) is 0.626. The maximum Gasteiger partial charge on any atom is 0.311 e. The summed E-state index contributed by atoms with van der Waals surface area (Å²) in [5, 5.41) is 0. The second kappa shape index (κ2) is 2.51. The van der Waals surface area contributed by atoms with Crippen molar-refractivity contribution < 1.29 is 13.9 Å². The Hall–Kier alpha value is -1.32. The third-order valence-corrected chi connectivity index (χ3v) is 1.09. The van der Waals surface area contributed by atoms with Gasteiger partial charge in [-0.2, -0.15) is 0 Å². The number of ether oxygens (including phenoxy) is 2. The molecule has 0 radical (unpaired) electrons. The van der Waals surface area contributed by atoms with E-state index in [1.54, 1.807) is 6.07 Å². The van der Waals surface area contributed by atoms with Crippen molar-refractivity contribution in [1.29, 1.82) is 0 Å². The smallest absolute Gasteiger partial charge is 0.311 e. The maximum atomic E-state index is 5.43. The molecule has 0 fully saturated rings. The Bertz CT molecular complexity index is 219. The van der Waals surface area contributed by atoms with Gasteiger partial charge >= 0.3 is 5.95 Å². The third-order valence-electron chi connectivity index (χ3n) is 1.09. The average Bonchev–Trinajstić information content (AvgIpc) is 2.30. The van der Waals surface area contributed by atoms with E-state index in [4.69, 9.17) is 19.6 Å². The highest BCUT2D eigenvalue weighted by molar-refractivity contribution is 5.49. The Morgan fingerprint density at radius 2 is 2.10 bits per heavy atom. The molecule has 0 unspecified atom stereocenters. The normalized spacial score (nSPS) is 9.40. The molecule has 2 N–H and O–H groups in total. The minimum Gasteiger partial charge on any atom is -0.468 e. The summed E-state index contributed by atoms with van der Waals surface area (Å²) in [6.07, 6.45) is 0. The Balaban J connectivity index is 2.92. The van der Waals surface area contributed by atoms with E-state index in [2.05, 4.69) is 0 Å². The SMILES string of the molecule is COc1cc(N)c(OC)o1. The van der Waals surface area contributed by atoms with E-state index in [0.29, 0.717) is 11.6 Å². The van der Waals surface area contributed by atoms with Crippen molar-refractivity contribution in [2.75, 3.05) is 20.0 Å². The molecule has 0 saturated heterocycles. The number of methoxy groups -OCH3 is 2. The largest absolute Gasteiger partial charge is 0.468 e. The first kappa shape index (κ1) is 6.80. The number of nitrogen functional groups attached to an aromatic ring is 1. The van der Waals surface area contributed by atoms with Crippen LogP contribution < -0.4 is 15.2 Å². The molecule has 0 aliphatic heterocycles. The summed E-state index contributed by atoms with van der Waals surface area (Å²) in [4.78, 5) is 0. The first-order valence-electron chi connectivity index (χ1n) is 2.75. The molecule has 56 valence electrons. The highest BCUT2D eigenvalue weighted by Crippen LogP contribution is 2.29. The van der Waals surface area contributed by atoms with Gasteiger partial charge in [0.05, 0.1) is 14.2 Å². The molecule has 0 spiro atoms. The van der Waals surface area contributed by atoms with E-state index in [-0.39, 0.29) is 5.95 Å². The molecular formula is C6H9NO3. The van der Waals surface area contributed by atoms with Crippen LogP contribution in [-0.4, -0.2) is 14.2 Å². The first-order valence-corrected chi connectivity index (χ1v) is 2.75. The Kier molecular flexibility index (Phi) is 1.71. The van der Waals surface area contributed by atoms with E-state index >= 15 is 0 Å². The van der Waals surface area contributed by atoms with Gasteiger partial charge in [0.25, 0.3) is 5.95 Å². The molecule has 0 aromatic carbocycles. The summed E-state index contributed by atoms with van der Waals surface area (Å²) >= 11 is 0. The van der Waals surface area contributed by atoms with Crippen molar-refractivity contribution in [3.05, 3.63) is 6.07 Å². The number of hydrogen-bond acceptors (Lipinski definition) is 4. The van der Waals surface area contributed by atoms with Gasteiger partial charge in [0, 0.05) is 6.07 Å². The van der Waals surface area contributed by atoms with Gasteiger partial charge in [-0.3, -0.25) is 0 Å². The number of furan rings is 1. The van der Waals surface area contributed by atoms with Crippen LogP contribution in [0.25, 0.3) is 0 Å². The molecular weight excluding hydrogens is 134 g/mol. The summed E-state index contributed by atoms with van der Waals surface area (Å²) in [5.74, 6) is 0.645. The van der Waals surface area contributed by atoms with E-state index < -0.39 is 0 Å². The van der Waals surface area contributed by atoms with Crippen LogP contribution in [0.4, 0.5) is 5.69 Å². The molecule has 0 aliphatic rings. The van der Waals surface area contributed by atoms with Crippen molar-refractivity contribution in [1.82, 2.24) is 0 Å². The van der Waals surface area contributed by atoms with Crippen molar-refractivity contribution in [3.8, 4) is 11.9 Å². The molecule has 10 heavy (non-hydrogen) atoms. The lowest BCUT2D eigenvalue weighted by Gasteiger charge is -1.92. The lowest BCUT2D eigenvalue weighted by atomic mass is 10.5. The second-order valence-corrected chi connectivity index (χ2v) is 1.72. The molecule has 1 rings (SSSR count). The average molecular weight is 143 g/mol. The van der Waals surface area contributed by atoms with E-state index in [0.717, 1.165) is 0 Å². The number of nitrogens with two attached hydrogens (primary N) is 1. The molecule has 0 aliphatic carbocycles. The summed E-state index contributed by atoms with van der Waals surface area (Å²) in [5.41, 5.74) is 5.87. The standard InChI is InChI=1S/C6H9NO3/c1-8-5-3-4(7)6(9-2)10-5/h3H,7H2,1-2H3. The molecule has 0 atom stereocenters. The van der Waals surface area contributed by atoms with Gasteiger partial charge in [0.15, 0.2) is 0 Å². The van der Waals surface area contributed by atoms with Gasteiger partial charge in [-0.05, 0) is 0 Å². The molecule has 4 nitrogen and oxygen atoms in total. The lowest BCUT2D eigenvalue weighted by molar-refractivity contribution is 0.245. The fourth-order valence-electron chi connectivity index (χ4n) is 0.626. The van der Waals surface area contributed by atoms with Crippen molar-refractivity contribution >= 4 is 5.69 Å². The van der Waals surface area contributed by atoms with Crippen molar-refractivity contribution in [3.63, 3.8) is 0 Å². The summed E-state index contributed by atoms with van der Waals surface area (Å²) in [7, 11) is 2.98. The van der Waals surface area contributed by atoms with E-state index in [9.17, 15) is 0 Å². The zero-order valence-corrected chi connectivity index (χ0v) is 5.88. The highest BCUT2D eigenvalue weighted by Gasteiger charge is 2.06. The molecule has 4 heteroatoms.